The molecule has 8 heteroatoms. The summed E-state index contributed by atoms with van der Waals surface area (Å²) in [5.41, 5.74) is 0. The van der Waals surface area contributed by atoms with E-state index in [4.69, 9.17) is 10.2 Å². The molecule has 0 fully saturated rings. The Morgan fingerprint density at radius 1 is 1.30 bits per heavy atom. The van der Waals surface area contributed by atoms with Crippen LogP contribution in [-0.2, 0) is 9.59 Å². The maximum absolute atomic E-state index is 11.7. The maximum Gasteiger partial charge on any atom is 0.326 e. The van der Waals surface area contributed by atoms with Gasteiger partial charge in [-0.3, -0.25) is 4.79 Å². The summed E-state index contributed by atoms with van der Waals surface area (Å²) in [5, 5.41) is 24.1. The van der Waals surface area contributed by atoms with E-state index in [1.54, 1.807) is 0 Å². The number of carbonyl (C=O) groups is 3. The van der Waals surface area contributed by atoms with Crippen LogP contribution in [0.15, 0.2) is 17.5 Å². The van der Waals surface area contributed by atoms with Gasteiger partial charge in [0, 0.05) is 4.88 Å². The van der Waals surface area contributed by atoms with Gasteiger partial charge >= 0.3 is 18.0 Å². The highest BCUT2D eigenvalue weighted by atomic mass is 32.1. The van der Waals surface area contributed by atoms with Crippen LogP contribution in [0.1, 0.15) is 30.7 Å². The van der Waals surface area contributed by atoms with Gasteiger partial charge in [0.15, 0.2) is 0 Å². The molecule has 1 heterocycles. The fourth-order valence-electron chi connectivity index (χ4n) is 1.60. The Morgan fingerprint density at radius 2 is 2.00 bits per heavy atom. The first-order valence-corrected chi connectivity index (χ1v) is 6.87. The topological polar surface area (TPSA) is 116 Å². The van der Waals surface area contributed by atoms with E-state index in [1.165, 1.54) is 11.3 Å². The first kappa shape index (κ1) is 16.0. The molecule has 0 aromatic carbocycles. The number of thiophene rings is 1. The number of carboxylic acids is 2. The Kier molecular flexibility index (Phi) is 5.98. The number of aliphatic carboxylic acids is 2. The van der Waals surface area contributed by atoms with Crippen LogP contribution in [0.4, 0.5) is 4.79 Å². The summed E-state index contributed by atoms with van der Waals surface area (Å²) in [5.74, 6) is -2.67. The van der Waals surface area contributed by atoms with Gasteiger partial charge < -0.3 is 20.8 Å². The van der Waals surface area contributed by atoms with E-state index in [2.05, 4.69) is 10.6 Å². The van der Waals surface area contributed by atoms with E-state index in [0.717, 1.165) is 4.88 Å². The number of hydrogen-bond donors (Lipinski definition) is 4. The van der Waals surface area contributed by atoms with Gasteiger partial charge in [0.25, 0.3) is 0 Å². The van der Waals surface area contributed by atoms with Crippen LogP contribution in [0, 0.1) is 0 Å². The number of carboxylic acid groups (broad SMARTS) is 2. The average Bonchev–Trinajstić information content (AvgIpc) is 2.88. The minimum absolute atomic E-state index is 0.228. The lowest BCUT2D eigenvalue weighted by atomic mass is 10.2. The van der Waals surface area contributed by atoms with E-state index in [0.29, 0.717) is 6.42 Å². The van der Waals surface area contributed by atoms with Gasteiger partial charge in [0.05, 0.1) is 12.5 Å². The van der Waals surface area contributed by atoms with Crippen LogP contribution in [0.2, 0.25) is 0 Å². The zero-order chi connectivity index (χ0) is 15.1. The normalized spacial score (nSPS) is 13.2. The number of rotatable bonds is 7. The minimum atomic E-state index is -1.45. The van der Waals surface area contributed by atoms with Crippen molar-refractivity contribution in [2.45, 2.75) is 31.8 Å². The summed E-state index contributed by atoms with van der Waals surface area (Å²) in [7, 11) is 0. The molecule has 0 bridgehead atoms. The highest BCUT2D eigenvalue weighted by Gasteiger charge is 2.24. The summed E-state index contributed by atoms with van der Waals surface area (Å²) in [6, 6.07) is 1.35. The van der Waals surface area contributed by atoms with Gasteiger partial charge in [0.2, 0.25) is 0 Å². The number of carbonyl (C=O) groups excluding carboxylic acids is 1. The largest absolute Gasteiger partial charge is 0.481 e. The molecule has 1 aromatic heterocycles. The van der Waals surface area contributed by atoms with Crippen LogP contribution in [0.3, 0.4) is 0 Å². The third kappa shape index (κ3) is 4.88. The third-order valence-electron chi connectivity index (χ3n) is 2.58. The zero-order valence-corrected chi connectivity index (χ0v) is 11.6. The highest BCUT2D eigenvalue weighted by molar-refractivity contribution is 7.10. The first-order valence-electron chi connectivity index (χ1n) is 5.99. The molecular formula is C12H16N2O5S. The Morgan fingerprint density at radius 3 is 2.45 bits per heavy atom. The lowest BCUT2D eigenvalue weighted by Crippen LogP contribution is -2.47. The summed E-state index contributed by atoms with van der Waals surface area (Å²) < 4.78 is 0. The number of nitrogens with one attached hydrogen (secondary N) is 2. The SMILES string of the molecule is CCC(NC(=O)NC(CC(=O)O)C(=O)O)c1cccs1. The van der Waals surface area contributed by atoms with Crippen LogP contribution in [0.25, 0.3) is 0 Å². The summed E-state index contributed by atoms with van der Waals surface area (Å²) in [6.45, 7) is 1.89. The zero-order valence-electron chi connectivity index (χ0n) is 10.8. The predicted molar refractivity (Wildman–Crippen MR) is 72.7 cm³/mol. The van der Waals surface area contributed by atoms with Crippen molar-refractivity contribution in [3.8, 4) is 0 Å². The van der Waals surface area contributed by atoms with Gasteiger partial charge in [-0.05, 0) is 17.9 Å². The van der Waals surface area contributed by atoms with E-state index < -0.39 is 30.4 Å². The summed E-state index contributed by atoms with van der Waals surface area (Å²) >= 11 is 1.48. The number of urea groups is 1. The molecule has 0 saturated carbocycles. The number of amides is 2. The van der Waals surface area contributed by atoms with Crippen molar-refractivity contribution >= 4 is 29.3 Å². The van der Waals surface area contributed by atoms with Gasteiger partial charge in [0.1, 0.15) is 6.04 Å². The molecule has 0 saturated heterocycles. The quantitative estimate of drug-likeness (QED) is 0.608. The molecule has 0 spiro atoms. The van der Waals surface area contributed by atoms with Crippen molar-refractivity contribution in [1.82, 2.24) is 10.6 Å². The molecule has 0 aliphatic carbocycles. The molecule has 0 aliphatic rings. The molecule has 1 rings (SSSR count). The Balaban J connectivity index is 2.60. The van der Waals surface area contributed by atoms with Crippen LogP contribution in [0.5, 0.6) is 0 Å². The fraction of sp³-hybridized carbons (Fsp3) is 0.417. The molecular weight excluding hydrogens is 284 g/mol. The first-order chi connectivity index (χ1) is 9.43. The van der Waals surface area contributed by atoms with Gasteiger partial charge in [-0.2, -0.15) is 0 Å². The number of hydrogen-bond acceptors (Lipinski definition) is 4. The van der Waals surface area contributed by atoms with E-state index >= 15 is 0 Å². The fourth-order valence-corrected chi connectivity index (χ4v) is 2.46. The van der Waals surface area contributed by atoms with Crippen molar-refractivity contribution in [2.24, 2.45) is 0 Å². The highest BCUT2D eigenvalue weighted by Crippen LogP contribution is 2.21. The van der Waals surface area contributed by atoms with Crippen molar-refractivity contribution in [2.75, 3.05) is 0 Å². The van der Waals surface area contributed by atoms with E-state index in [-0.39, 0.29) is 6.04 Å². The lowest BCUT2D eigenvalue weighted by molar-refractivity contribution is -0.145. The summed E-state index contributed by atoms with van der Waals surface area (Å²) in [6.07, 6.45) is -0.0247. The van der Waals surface area contributed by atoms with Gasteiger partial charge in [-0.25, -0.2) is 9.59 Å². The van der Waals surface area contributed by atoms with E-state index in [1.807, 2.05) is 24.4 Å². The molecule has 2 unspecified atom stereocenters. The van der Waals surface area contributed by atoms with Crippen LogP contribution < -0.4 is 10.6 Å². The van der Waals surface area contributed by atoms with Crippen molar-refractivity contribution in [3.05, 3.63) is 22.4 Å². The van der Waals surface area contributed by atoms with Crippen LogP contribution >= 0.6 is 11.3 Å². The second kappa shape index (κ2) is 7.49. The molecule has 110 valence electrons. The van der Waals surface area contributed by atoms with Crippen molar-refractivity contribution in [1.29, 1.82) is 0 Å². The molecule has 2 atom stereocenters. The van der Waals surface area contributed by atoms with E-state index in [9.17, 15) is 14.4 Å². The Hall–Kier alpha value is -2.09. The Bertz CT molecular complexity index is 474. The lowest BCUT2D eigenvalue weighted by Gasteiger charge is -2.18. The minimum Gasteiger partial charge on any atom is -0.481 e. The van der Waals surface area contributed by atoms with Crippen molar-refractivity contribution in [3.63, 3.8) is 0 Å². The molecule has 2 amide bonds. The second-order valence-electron chi connectivity index (χ2n) is 4.08. The predicted octanol–water partition coefficient (Wildman–Crippen LogP) is 1.43. The van der Waals surface area contributed by atoms with Gasteiger partial charge in [-0.15, -0.1) is 11.3 Å². The molecule has 4 N–H and O–H groups in total. The van der Waals surface area contributed by atoms with Crippen LogP contribution in [-0.4, -0.2) is 34.2 Å². The smallest absolute Gasteiger partial charge is 0.326 e. The molecule has 0 radical (unpaired) electrons. The molecule has 20 heavy (non-hydrogen) atoms. The second-order valence-corrected chi connectivity index (χ2v) is 5.06. The van der Waals surface area contributed by atoms with Crippen molar-refractivity contribution < 1.29 is 24.6 Å². The average molecular weight is 300 g/mol. The standard InChI is InChI=1S/C12H16N2O5S/c1-2-7(9-4-3-5-20-9)13-12(19)14-8(11(17)18)6-10(15)16/h3-5,7-8H,2,6H2,1H3,(H,15,16)(H,17,18)(H2,13,14,19). The molecule has 0 aliphatic heterocycles. The Labute approximate surface area is 119 Å². The molecule has 1 aromatic rings. The third-order valence-corrected chi connectivity index (χ3v) is 3.57. The van der Waals surface area contributed by atoms with Gasteiger partial charge in [-0.1, -0.05) is 13.0 Å². The summed E-state index contributed by atoms with van der Waals surface area (Å²) in [4.78, 5) is 34.1. The monoisotopic (exact) mass is 300 g/mol. The molecule has 7 nitrogen and oxygen atoms in total. The maximum atomic E-state index is 11.7.